The molecule has 6 nitrogen and oxygen atoms in total. The van der Waals surface area contributed by atoms with E-state index in [1.165, 1.54) is 5.56 Å². The van der Waals surface area contributed by atoms with Crippen LogP contribution < -0.4 is 11.1 Å². The second-order valence-electron chi connectivity index (χ2n) is 6.56. The van der Waals surface area contributed by atoms with E-state index in [1.807, 2.05) is 17.7 Å². The van der Waals surface area contributed by atoms with Gasteiger partial charge in [0.25, 0.3) is 0 Å². The summed E-state index contributed by atoms with van der Waals surface area (Å²) in [5.41, 5.74) is 7.95. The van der Waals surface area contributed by atoms with Crippen LogP contribution in [0.4, 0.5) is 5.82 Å². The Labute approximate surface area is 142 Å². The minimum atomic E-state index is -0.536. The zero-order valence-corrected chi connectivity index (χ0v) is 14.3. The minimum absolute atomic E-state index is 0.181. The lowest BCUT2D eigenvalue weighted by atomic mass is 10.2. The normalized spacial score (nSPS) is 19.4. The quantitative estimate of drug-likeness (QED) is 0.880. The second-order valence-corrected chi connectivity index (χ2v) is 6.56. The average Bonchev–Trinajstić information content (AvgIpc) is 3.16. The molecule has 24 heavy (non-hydrogen) atoms. The van der Waals surface area contributed by atoms with E-state index < -0.39 is 6.04 Å². The lowest BCUT2D eigenvalue weighted by Crippen LogP contribution is -2.34. The highest BCUT2D eigenvalue weighted by atomic mass is 16.2. The van der Waals surface area contributed by atoms with Crippen molar-refractivity contribution in [3.63, 3.8) is 0 Å². The zero-order valence-electron chi connectivity index (χ0n) is 14.3. The number of likely N-dealkylation sites (tertiary alicyclic amines) is 1. The van der Waals surface area contributed by atoms with Crippen LogP contribution in [0.5, 0.6) is 0 Å². The Hall–Kier alpha value is -2.18. The molecule has 1 aliphatic heterocycles. The Morgan fingerprint density at radius 2 is 2.17 bits per heavy atom. The number of nitrogens with two attached hydrogens (primary N) is 1. The van der Waals surface area contributed by atoms with Crippen LogP contribution in [0.2, 0.25) is 0 Å². The van der Waals surface area contributed by atoms with E-state index in [0.717, 1.165) is 37.4 Å². The van der Waals surface area contributed by atoms with Crippen LogP contribution in [0.15, 0.2) is 36.5 Å². The first kappa shape index (κ1) is 16.7. The third kappa shape index (κ3) is 3.66. The van der Waals surface area contributed by atoms with Gasteiger partial charge in [-0.05, 0) is 25.8 Å². The molecule has 0 aliphatic carbocycles. The Morgan fingerprint density at radius 3 is 2.88 bits per heavy atom. The number of nitrogens with zero attached hydrogens (tertiary/aromatic N) is 3. The van der Waals surface area contributed by atoms with E-state index in [-0.39, 0.29) is 11.9 Å². The van der Waals surface area contributed by atoms with Crippen molar-refractivity contribution < 1.29 is 4.79 Å². The summed E-state index contributed by atoms with van der Waals surface area (Å²) in [6.07, 6.45) is 2.83. The number of anilines is 1. The van der Waals surface area contributed by atoms with Gasteiger partial charge in [0, 0.05) is 25.2 Å². The molecule has 2 heterocycles. The molecule has 1 aliphatic rings. The summed E-state index contributed by atoms with van der Waals surface area (Å²) in [5, 5.41) is 7.40. The standard InChI is InChI=1S/C18H25N5O/c1-13-10-20-23(17(13)21-18(24)14(2)19)16-8-9-22(12-16)11-15-6-4-3-5-7-15/h3-7,10,14,16H,8-9,11-12,19H2,1-2H3,(H,21,24). The lowest BCUT2D eigenvalue weighted by molar-refractivity contribution is -0.117. The summed E-state index contributed by atoms with van der Waals surface area (Å²) in [5.74, 6) is 0.586. The van der Waals surface area contributed by atoms with Crippen LogP contribution in [0.3, 0.4) is 0 Å². The van der Waals surface area contributed by atoms with Crippen LogP contribution in [0.25, 0.3) is 0 Å². The van der Waals surface area contributed by atoms with Crippen molar-refractivity contribution in [1.82, 2.24) is 14.7 Å². The molecule has 2 atom stereocenters. The number of aromatic nitrogens is 2. The Kier molecular flexibility index (Phi) is 4.97. The fraction of sp³-hybridized carbons (Fsp3) is 0.444. The van der Waals surface area contributed by atoms with Crippen LogP contribution in [0.1, 0.15) is 30.5 Å². The molecule has 1 aromatic carbocycles. The molecular formula is C18H25N5O. The van der Waals surface area contributed by atoms with Gasteiger partial charge in [-0.2, -0.15) is 5.10 Å². The maximum absolute atomic E-state index is 11.9. The number of rotatable bonds is 5. The SMILES string of the molecule is Cc1cnn(C2CCN(Cc3ccccc3)C2)c1NC(=O)C(C)N. The summed E-state index contributed by atoms with van der Waals surface area (Å²) >= 11 is 0. The summed E-state index contributed by atoms with van der Waals surface area (Å²) in [6, 6.07) is 10.2. The molecule has 2 unspecified atom stereocenters. The highest BCUT2D eigenvalue weighted by molar-refractivity contribution is 5.94. The fourth-order valence-electron chi connectivity index (χ4n) is 3.11. The highest BCUT2D eigenvalue weighted by Crippen LogP contribution is 2.27. The third-order valence-corrected chi connectivity index (χ3v) is 4.48. The van der Waals surface area contributed by atoms with Crippen molar-refractivity contribution in [3.05, 3.63) is 47.7 Å². The van der Waals surface area contributed by atoms with Gasteiger partial charge < -0.3 is 11.1 Å². The summed E-state index contributed by atoms with van der Waals surface area (Å²) in [6.45, 7) is 6.54. The van der Waals surface area contributed by atoms with Crippen LogP contribution in [-0.2, 0) is 11.3 Å². The van der Waals surface area contributed by atoms with Crippen molar-refractivity contribution in [2.45, 2.75) is 38.9 Å². The molecule has 2 aromatic rings. The monoisotopic (exact) mass is 327 g/mol. The fourth-order valence-corrected chi connectivity index (χ4v) is 3.11. The van der Waals surface area contributed by atoms with Gasteiger partial charge in [0.15, 0.2) is 0 Å². The Bertz CT molecular complexity index is 695. The van der Waals surface area contributed by atoms with E-state index >= 15 is 0 Å². The number of hydrogen-bond acceptors (Lipinski definition) is 4. The summed E-state index contributed by atoms with van der Waals surface area (Å²) in [4.78, 5) is 14.4. The number of benzene rings is 1. The maximum Gasteiger partial charge on any atom is 0.242 e. The molecule has 0 spiro atoms. The number of carbonyl (C=O) groups is 1. The summed E-state index contributed by atoms with van der Waals surface area (Å²) in [7, 11) is 0. The minimum Gasteiger partial charge on any atom is -0.320 e. The first-order chi connectivity index (χ1) is 11.5. The topological polar surface area (TPSA) is 76.2 Å². The Morgan fingerprint density at radius 1 is 1.42 bits per heavy atom. The first-order valence-electron chi connectivity index (χ1n) is 8.41. The van der Waals surface area contributed by atoms with Gasteiger partial charge in [-0.15, -0.1) is 0 Å². The third-order valence-electron chi connectivity index (χ3n) is 4.48. The maximum atomic E-state index is 11.9. The predicted octanol–water partition coefficient (Wildman–Crippen LogP) is 1.92. The van der Waals surface area contributed by atoms with E-state index in [9.17, 15) is 4.79 Å². The molecule has 128 valence electrons. The number of amides is 1. The van der Waals surface area contributed by atoms with Crippen molar-refractivity contribution in [2.24, 2.45) is 5.73 Å². The smallest absolute Gasteiger partial charge is 0.242 e. The van der Waals surface area contributed by atoms with Gasteiger partial charge in [0.05, 0.1) is 18.3 Å². The molecule has 6 heteroatoms. The van der Waals surface area contributed by atoms with Crippen molar-refractivity contribution >= 4 is 11.7 Å². The number of carbonyl (C=O) groups excluding carboxylic acids is 1. The summed E-state index contributed by atoms with van der Waals surface area (Å²) < 4.78 is 1.95. The molecule has 1 aromatic heterocycles. The van der Waals surface area contributed by atoms with Gasteiger partial charge >= 0.3 is 0 Å². The molecule has 0 radical (unpaired) electrons. The predicted molar refractivity (Wildman–Crippen MR) is 94.6 cm³/mol. The second kappa shape index (κ2) is 7.15. The molecule has 0 saturated carbocycles. The molecule has 1 saturated heterocycles. The molecule has 3 rings (SSSR count). The van der Waals surface area contributed by atoms with E-state index in [4.69, 9.17) is 5.73 Å². The average molecular weight is 327 g/mol. The van der Waals surface area contributed by atoms with E-state index in [2.05, 4.69) is 39.6 Å². The van der Waals surface area contributed by atoms with Crippen molar-refractivity contribution in [1.29, 1.82) is 0 Å². The molecule has 0 bridgehead atoms. The van der Waals surface area contributed by atoms with Crippen molar-refractivity contribution in [2.75, 3.05) is 18.4 Å². The molecular weight excluding hydrogens is 302 g/mol. The van der Waals surface area contributed by atoms with E-state index in [1.54, 1.807) is 13.1 Å². The number of hydrogen-bond donors (Lipinski definition) is 2. The van der Waals surface area contributed by atoms with Gasteiger partial charge in [-0.25, -0.2) is 4.68 Å². The van der Waals surface area contributed by atoms with E-state index in [0.29, 0.717) is 0 Å². The van der Waals surface area contributed by atoms with Gasteiger partial charge in [-0.1, -0.05) is 30.3 Å². The number of aryl methyl sites for hydroxylation is 1. The molecule has 1 amide bonds. The lowest BCUT2D eigenvalue weighted by Gasteiger charge is -2.18. The van der Waals surface area contributed by atoms with Gasteiger partial charge in [0.1, 0.15) is 5.82 Å². The zero-order chi connectivity index (χ0) is 17.1. The van der Waals surface area contributed by atoms with Crippen molar-refractivity contribution in [3.8, 4) is 0 Å². The number of nitrogens with one attached hydrogen (secondary N) is 1. The van der Waals surface area contributed by atoms with Gasteiger partial charge in [0.2, 0.25) is 5.91 Å². The van der Waals surface area contributed by atoms with Gasteiger partial charge in [-0.3, -0.25) is 9.69 Å². The Balaban J connectivity index is 1.69. The first-order valence-corrected chi connectivity index (χ1v) is 8.41. The molecule has 3 N–H and O–H groups in total. The molecule has 1 fully saturated rings. The van der Waals surface area contributed by atoms with Crippen LogP contribution in [0, 0.1) is 6.92 Å². The van der Waals surface area contributed by atoms with Crippen LogP contribution in [-0.4, -0.2) is 39.7 Å². The largest absolute Gasteiger partial charge is 0.320 e. The van der Waals surface area contributed by atoms with Crippen LogP contribution >= 0.6 is 0 Å². The highest BCUT2D eigenvalue weighted by Gasteiger charge is 2.27.